The molecule has 3 N–H and O–H groups in total. The monoisotopic (exact) mass is 451 g/mol. The summed E-state index contributed by atoms with van der Waals surface area (Å²) < 4.78 is 28.5. The molecule has 2 unspecified atom stereocenters. The molecule has 1 aliphatic heterocycles. The van der Waals surface area contributed by atoms with Crippen molar-refractivity contribution in [1.82, 2.24) is 25.1 Å². The van der Waals surface area contributed by atoms with Crippen LogP contribution in [0.2, 0.25) is 0 Å². The van der Waals surface area contributed by atoms with Crippen LogP contribution >= 0.6 is 0 Å². The number of aromatic nitrogens is 4. The molecule has 3 aromatic heterocycles. The van der Waals surface area contributed by atoms with Gasteiger partial charge < -0.3 is 16.0 Å². The predicted octanol–water partition coefficient (Wildman–Crippen LogP) is 2.42. The van der Waals surface area contributed by atoms with Gasteiger partial charge in [-0.2, -0.15) is 5.10 Å². The number of rotatable bonds is 5. The van der Waals surface area contributed by atoms with Crippen LogP contribution in [0.25, 0.3) is 0 Å². The second kappa shape index (κ2) is 7.23. The molecule has 2 aliphatic carbocycles. The summed E-state index contributed by atoms with van der Waals surface area (Å²) in [5, 5.41) is 7.36. The third-order valence-corrected chi connectivity index (χ3v) is 7.06. The molecule has 170 valence electrons. The average molecular weight is 451 g/mol. The standard InChI is InChI=1S/C23H23F2N7O/c24-23(25)17-11-31(12-18(17)23)20-4-1-13(7-28-20)9-32-10-14(8-29-32)22(33)30-19-3-2-16-15(19)5-6-27-21(16)26/h1,4-8,10,17-19H,2-3,9,11-12H2,(H2,26,27)(H,30,33)/t17?,18?,19-/m1/s1. The summed E-state index contributed by atoms with van der Waals surface area (Å²) in [5.74, 6) is -2.50. The molecule has 2 fully saturated rings. The largest absolute Gasteiger partial charge is 0.383 e. The first-order valence-corrected chi connectivity index (χ1v) is 11.0. The SMILES string of the molecule is Nc1nccc2c1CC[C@H]2NC(=O)c1cnn(Cc2ccc(N3CC4C(C3)C4(F)F)nc2)c1. The van der Waals surface area contributed by atoms with Crippen molar-refractivity contribution in [3.63, 3.8) is 0 Å². The zero-order valence-corrected chi connectivity index (χ0v) is 17.8. The van der Waals surface area contributed by atoms with Gasteiger partial charge in [-0.3, -0.25) is 9.48 Å². The van der Waals surface area contributed by atoms with Gasteiger partial charge >= 0.3 is 0 Å². The van der Waals surface area contributed by atoms with Gasteiger partial charge in [0.2, 0.25) is 0 Å². The number of alkyl halides is 2. The van der Waals surface area contributed by atoms with Gasteiger partial charge in [0.1, 0.15) is 11.6 Å². The topological polar surface area (TPSA) is 102 Å². The van der Waals surface area contributed by atoms with E-state index >= 15 is 0 Å². The maximum atomic E-state index is 13.4. The fourth-order valence-corrected chi connectivity index (χ4v) is 5.11. The summed E-state index contributed by atoms with van der Waals surface area (Å²) >= 11 is 0. The van der Waals surface area contributed by atoms with E-state index in [9.17, 15) is 13.6 Å². The number of fused-ring (bicyclic) bond motifs is 2. The molecule has 0 aromatic carbocycles. The lowest BCUT2D eigenvalue weighted by molar-refractivity contribution is 0.0796. The summed E-state index contributed by atoms with van der Waals surface area (Å²) in [5.41, 5.74) is 9.36. The molecular formula is C23H23F2N7O. The number of amides is 1. The Bertz CT molecular complexity index is 1210. The summed E-state index contributed by atoms with van der Waals surface area (Å²) in [6.07, 6.45) is 8.23. The van der Waals surface area contributed by atoms with Crippen LogP contribution in [0.4, 0.5) is 20.4 Å². The van der Waals surface area contributed by atoms with E-state index in [0.717, 1.165) is 35.3 Å². The van der Waals surface area contributed by atoms with Crippen LogP contribution in [-0.4, -0.2) is 44.7 Å². The summed E-state index contributed by atoms with van der Waals surface area (Å²) in [6, 6.07) is 5.59. The molecule has 33 heavy (non-hydrogen) atoms. The second-order valence-electron chi connectivity index (χ2n) is 9.07. The molecule has 10 heteroatoms. The number of nitrogens with two attached hydrogens (primary N) is 1. The van der Waals surface area contributed by atoms with Crippen LogP contribution in [-0.2, 0) is 13.0 Å². The highest BCUT2D eigenvalue weighted by molar-refractivity contribution is 5.94. The van der Waals surface area contributed by atoms with Crippen LogP contribution in [0.1, 0.15) is 39.5 Å². The van der Waals surface area contributed by atoms with Crippen LogP contribution in [0, 0.1) is 11.8 Å². The number of halogens is 2. The van der Waals surface area contributed by atoms with E-state index in [4.69, 9.17) is 5.73 Å². The number of pyridine rings is 2. The first-order chi connectivity index (χ1) is 15.9. The number of nitrogen functional groups attached to an aromatic ring is 1. The molecule has 1 saturated heterocycles. The normalized spacial score (nSPS) is 24.4. The van der Waals surface area contributed by atoms with Crippen LogP contribution in [0.15, 0.2) is 43.0 Å². The molecule has 1 amide bonds. The van der Waals surface area contributed by atoms with E-state index in [0.29, 0.717) is 31.0 Å². The van der Waals surface area contributed by atoms with Crippen molar-refractivity contribution in [2.45, 2.75) is 31.4 Å². The first-order valence-electron chi connectivity index (χ1n) is 11.0. The van der Waals surface area contributed by atoms with E-state index in [1.165, 1.54) is 0 Å². The molecule has 1 saturated carbocycles. The predicted molar refractivity (Wildman–Crippen MR) is 117 cm³/mol. The highest BCUT2D eigenvalue weighted by atomic mass is 19.3. The Morgan fingerprint density at radius 1 is 1.18 bits per heavy atom. The molecule has 0 radical (unpaired) electrons. The lowest BCUT2D eigenvalue weighted by Crippen LogP contribution is -2.28. The number of carbonyl (C=O) groups excluding carboxylic acids is 1. The van der Waals surface area contributed by atoms with Crippen LogP contribution < -0.4 is 16.0 Å². The third-order valence-electron chi connectivity index (χ3n) is 7.06. The molecule has 8 nitrogen and oxygen atoms in total. The van der Waals surface area contributed by atoms with Gasteiger partial charge in [-0.25, -0.2) is 18.7 Å². The minimum atomic E-state index is -2.49. The smallest absolute Gasteiger partial charge is 0.258 e. The van der Waals surface area contributed by atoms with Crippen molar-refractivity contribution in [2.24, 2.45) is 11.8 Å². The number of nitrogens with zero attached hydrogens (tertiary/aromatic N) is 5. The Hall–Kier alpha value is -3.56. The summed E-state index contributed by atoms with van der Waals surface area (Å²) in [7, 11) is 0. The number of hydrogen-bond acceptors (Lipinski definition) is 6. The van der Waals surface area contributed by atoms with Crippen molar-refractivity contribution < 1.29 is 13.6 Å². The number of piperidine rings is 1. The van der Waals surface area contributed by atoms with Gasteiger partial charge in [0, 0.05) is 31.7 Å². The lowest BCUT2D eigenvalue weighted by atomic mass is 10.1. The van der Waals surface area contributed by atoms with Gasteiger partial charge in [0.05, 0.1) is 36.2 Å². The van der Waals surface area contributed by atoms with Crippen molar-refractivity contribution in [3.05, 3.63) is 65.2 Å². The quantitative estimate of drug-likeness (QED) is 0.618. The maximum absolute atomic E-state index is 13.4. The van der Waals surface area contributed by atoms with Gasteiger partial charge in [0.25, 0.3) is 11.8 Å². The third kappa shape index (κ3) is 3.40. The summed E-state index contributed by atoms with van der Waals surface area (Å²) in [4.78, 5) is 23.2. The molecule has 3 aliphatic rings. The average Bonchev–Trinajstić information content (AvgIpc) is 3.36. The fraction of sp³-hybridized carbons (Fsp3) is 0.391. The molecule has 0 bridgehead atoms. The summed E-state index contributed by atoms with van der Waals surface area (Å²) in [6.45, 7) is 1.17. The van der Waals surface area contributed by atoms with E-state index in [1.807, 2.05) is 23.1 Å². The van der Waals surface area contributed by atoms with E-state index < -0.39 is 17.8 Å². The lowest BCUT2D eigenvalue weighted by Gasteiger charge is -2.20. The van der Waals surface area contributed by atoms with Crippen molar-refractivity contribution in [1.29, 1.82) is 0 Å². The zero-order chi connectivity index (χ0) is 22.7. The molecule has 3 atom stereocenters. The van der Waals surface area contributed by atoms with E-state index in [-0.39, 0.29) is 11.9 Å². The van der Waals surface area contributed by atoms with E-state index in [2.05, 4.69) is 20.4 Å². The Balaban J connectivity index is 1.07. The van der Waals surface area contributed by atoms with Gasteiger partial charge in [-0.05, 0) is 41.7 Å². The Kier molecular flexibility index (Phi) is 4.40. The van der Waals surface area contributed by atoms with Crippen LogP contribution in [0.5, 0.6) is 0 Å². The van der Waals surface area contributed by atoms with Gasteiger partial charge in [-0.1, -0.05) is 6.07 Å². The first kappa shape index (κ1) is 20.1. The number of anilines is 2. The molecular weight excluding hydrogens is 428 g/mol. The maximum Gasteiger partial charge on any atom is 0.258 e. The zero-order valence-electron chi connectivity index (χ0n) is 17.8. The highest BCUT2D eigenvalue weighted by Gasteiger charge is 2.71. The van der Waals surface area contributed by atoms with Crippen molar-refractivity contribution in [2.75, 3.05) is 23.7 Å². The molecule has 6 rings (SSSR count). The minimum Gasteiger partial charge on any atom is -0.383 e. The fourth-order valence-electron chi connectivity index (χ4n) is 5.11. The number of hydrogen-bond donors (Lipinski definition) is 2. The van der Waals surface area contributed by atoms with Gasteiger partial charge in [-0.15, -0.1) is 0 Å². The Morgan fingerprint density at radius 3 is 2.76 bits per heavy atom. The Morgan fingerprint density at radius 2 is 2.00 bits per heavy atom. The molecule has 3 aromatic rings. The van der Waals surface area contributed by atoms with Crippen LogP contribution in [0.3, 0.4) is 0 Å². The number of nitrogens with one attached hydrogen (secondary N) is 1. The molecule has 0 spiro atoms. The van der Waals surface area contributed by atoms with Gasteiger partial charge in [0.15, 0.2) is 0 Å². The Labute approximate surface area is 188 Å². The molecule has 4 heterocycles. The van der Waals surface area contributed by atoms with Crippen molar-refractivity contribution >= 4 is 17.5 Å². The highest BCUT2D eigenvalue weighted by Crippen LogP contribution is 2.59. The number of carbonyl (C=O) groups is 1. The second-order valence-corrected chi connectivity index (χ2v) is 9.07. The van der Waals surface area contributed by atoms with E-state index in [1.54, 1.807) is 29.5 Å². The van der Waals surface area contributed by atoms with Crippen molar-refractivity contribution in [3.8, 4) is 0 Å². The minimum absolute atomic E-state index is 0.0885.